The zero-order chi connectivity index (χ0) is 7.82. The average Bonchev–Trinajstić information content (AvgIpc) is 1.91. The Morgan fingerprint density at radius 2 is 1.50 bits per heavy atom. The summed E-state index contributed by atoms with van der Waals surface area (Å²) >= 11 is 0. The van der Waals surface area contributed by atoms with E-state index in [4.69, 9.17) is 5.11 Å². The molecule has 1 rings (SSSR count). The van der Waals surface area contributed by atoms with Gasteiger partial charge in [0.1, 0.15) is 0 Å². The van der Waals surface area contributed by atoms with Gasteiger partial charge in [-0.3, -0.25) is 0 Å². The van der Waals surface area contributed by atoms with Gasteiger partial charge in [0, 0.05) is 0 Å². The Kier molecular flexibility index (Phi) is 6.98. The van der Waals surface area contributed by atoms with Crippen molar-refractivity contribution in [3.05, 3.63) is 0 Å². The summed E-state index contributed by atoms with van der Waals surface area (Å²) in [5, 5.41) is 11.7. The van der Waals surface area contributed by atoms with Crippen LogP contribution >= 0.6 is 0 Å². The molecule has 0 saturated heterocycles. The third-order valence-electron chi connectivity index (χ3n) is 1.57. The lowest BCUT2D eigenvalue weighted by molar-refractivity contribution is 0.130. The molecule has 0 amide bonds. The zero-order valence-corrected chi connectivity index (χ0v) is 7.06. The maximum atomic E-state index is 8.91. The van der Waals surface area contributed by atoms with Gasteiger partial charge >= 0.3 is 0 Å². The van der Waals surface area contributed by atoms with E-state index in [0.717, 1.165) is 12.8 Å². The van der Waals surface area contributed by atoms with Gasteiger partial charge in [0.05, 0.1) is 6.10 Å². The van der Waals surface area contributed by atoms with E-state index < -0.39 is 0 Å². The molecule has 62 valence electrons. The van der Waals surface area contributed by atoms with Gasteiger partial charge < -0.3 is 10.4 Å². The van der Waals surface area contributed by atoms with E-state index in [2.05, 4.69) is 5.32 Å². The number of nitrogens with one attached hydrogen (secondary N) is 1. The van der Waals surface area contributed by atoms with Crippen molar-refractivity contribution >= 4 is 0 Å². The summed E-state index contributed by atoms with van der Waals surface area (Å²) in [5.41, 5.74) is 0. The molecule has 0 spiro atoms. The fourth-order valence-electron chi connectivity index (χ4n) is 1.08. The molecule has 1 aliphatic carbocycles. The monoisotopic (exact) mass is 145 g/mol. The first-order valence-corrected chi connectivity index (χ1v) is 4.07. The number of hydrogen-bond acceptors (Lipinski definition) is 2. The number of aliphatic hydroxyl groups excluding tert-OH is 1. The van der Waals surface area contributed by atoms with Crippen molar-refractivity contribution in [3.8, 4) is 0 Å². The molecular formula is C8H19NO. The van der Waals surface area contributed by atoms with Crippen LogP contribution in [0.5, 0.6) is 0 Å². The molecule has 2 nitrogen and oxygen atoms in total. The van der Waals surface area contributed by atoms with Crippen molar-refractivity contribution in [1.82, 2.24) is 5.32 Å². The van der Waals surface area contributed by atoms with Crippen LogP contribution in [0.3, 0.4) is 0 Å². The molecule has 0 aromatic rings. The van der Waals surface area contributed by atoms with Crippen LogP contribution in [-0.2, 0) is 0 Å². The van der Waals surface area contributed by atoms with Gasteiger partial charge in [0.2, 0.25) is 0 Å². The lowest BCUT2D eigenvalue weighted by atomic mass is 9.98. The largest absolute Gasteiger partial charge is 0.393 e. The van der Waals surface area contributed by atoms with E-state index in [1.165, 1.54) is 19.3 Å². The summed E-state index contributed by atoms with van der Waals surface area (Å²) in [6.07, 6.45) is 5.92. The third kappa shape index (κ3) is 6.05. The molecule has 0 radical (unpaired) electrons. The van der Waals surface area contributed by atoms with Crippen LogP contribution in [-0.4, -0.2) is 25.3 Å². The minimum Gasteiger partial charge on any atom is -0.393 e. The van der Waals surface area contributed by atoms with Crippen molar-refractivity contribution in [2.75, 3.05) is 14.1 Å². The van der Waals surface area contributed by atoms with Crippen molar-refractivity contribution in [3.63, 3.8) is 0 Å². The Morgan fingerprint density at radius 1 is 1.10 bits per heavy atom. The summed E-state index contributed by atoms with van der Waals surface area (Å²) in [6, 6.07) is 0. The first-order valence-electron chi connectivity index (χ1n) is 4.07. The second-order valence-corrected chi connectivity index (χ2v) is 2.79. The first kappa shape index (κ1) is 9.92. The maximum Gasteiger partial charge on any atom is 0.0540 e. The van der Waals surface area contributed by atoms with E-state index >= 15 is 0 Å². The summed E-state index contributed by atoms with van der Waals surface area (Å²) in [5.74, 6) is 0. The van der Waals surface area contributed by atoms with Crippen LogP contribution in [0.4, 0.5) is 0 Å². The summed E-state index contributed by atoms with van der Waals surface area (Å²) in [6.45, 7) is 0. The topological polar surface area (TPSA) is 32.3 Å². The Balaban J connectivity index is 0.000000236. The summed E-state index contributed by atoms with van der Waals surface area (Å²) in [7, 11) is 3.75. The molecule has 0 aromatic carbocycles. The molecule has 0 aliphatic heterocycles. The van der Waals surface area contributed by atoms with E-state index in [1.807, 2.05) is 14.1 Å². The highest BCUT2D eigenvalue weighted by Crippen LogP contribution is 2.16. The highest BCUT2D eigenvalue weighted by molar-refractivity contribution is 4.61. The molecular weight excluding hydrogens is 126 g/mol. The van der Waals surface area contributed by atoms with Gasteiger partial charge in [-0.15, -0.1) is 0 Å². The van der Waals surface area contributed by atoms with Crippen LogP contribution < -0.4 is 5.32 Å². The normalized spacial score (nSPS) is 19.5. The van der Waals surface area contributed by atoms with Gasteiger partial charge in [-0.2, -0.15) is 0 Å². The van der Waals surface area contributed by atoms with Crippen molar-refractivity contribution in [2.45, 2.75) is 38.2 Å². The Labute approximate surface area is 63.6 Å². The van der Waals surface area contributed by atoms with Gasteiger partial charge in [0.25, 0.3) is 0 Å². The van der Waals surface area contributed by atoms with E-state index in [9.17, 15) is 0 Å². The first-order chi connectivity index (χ1) is 4.81. The molecule has 2 N–H and O–H groups in total. The Hall–Kier alpha value is -0.0800. The highest BCUT2D eigenvalue weighted by atomic mass is 16.3. The molecule has 1 aliphatic rings. The van der Waals surface area contributed by atoms with Crippen LogP contribution in [0, 0.1) is 0 Å². The smallest absolute Gasteiger partial charge is 0.0540 e. The quantitative estimate of drug-likeness (QED) is 0.536. The predicted octanol–water partition coefficient (Wildman–Crippen LogP) is 1.15. The number of aliphatic hydroxyl groups is 1. The Bertz CT molecular complexity index is 60.3. The predicted molar refractivity (Wildman–Crippen MR) is 44.1 cm³/mol. The minimum absolute atomic E-state index is 0.0359. The van der Waals surface area contributed by atoms with E-state index in [0.29, 0.717) is 0 Å². The standard InChI is InChI=1S/C6H12O.C2H7N/c7-6-4-2-1-3-5-6;1-3-2/h6-7H,1-5H2;3H,1-2H3. The molecule has 0 atom stereocenters. The molecule has 0 bridgehead atoms. The van der Waals surface area contributed by atoms with Crippen molar-refractivity contribution in [1.29, 1.82) is 0 Å². The van der Waals surface area contributed by atoms with Gasteiger partial charge in [0.15, 0.2) is 0 Å². The highest BCUT2D eigenvalue weighted by Gasteiger charge is 2.07. The van der Waals surface area contributed by atoms with Crippen LogP contribution in [0.25, 0.3) is 0 Å². The lowest BCUT2D eigenvalue weighted by Crippen LogP contribution is -2.09. The Morgan fingerprint density at radius 3 is 1.70 bits per heavy atom. The fourth-order valence-corrected chi connectivity index (χ4v) is 1.08. The van der Waals surface area contributed by atoms with Gasteiger partial charge in [-0.25, -0.2) is 0 Å². The number of hydrogen-bond donors (Lipinski definition) is 2. The zero-order valence-electron chi connectivity index (χ0n) is 7.06. The lowest BCUT2D eigenvalue weighted by Gasteiger charge is -2.14. The average molecular weight is 145 g/mol. The third-order valence-corrected chi connectivity index (χ3v) is 1.57. The second-order valence-electron chi connectivity index (χ2n) is 2.79. The molecule has 0 aromatic heterocycles. The van der Waals surface area contributed by atoms with Gasteiger partial charge in [-0.05, 0) is 26.9 Å². The maximum absolute atomic E-state index is 8.91. The van der Waals surface area contributed by atoms with Crippen molar-refractivity contribution < 1.29 is 5.11 Å². The minimum atomic E-state index is 0.0359. The second kappa shape index (κ2) is 7.03. The SMILES string of the molecule is CNC.OC1CCCCC1. The van der Waals surface area contributed by atoms with E-state index in [-0.39, 0.29) is 6.10 Å². The van der Waals surface area contributed by atoms with Crippen LogP contribution in [0.2, 0.25) is 0 Å². The molecule has 1 saturated carbocycles. The molecule has 1 fully saturated rings. The molecule has 0 heterocycles. The molecule has 10 heavy (non-hydrogen) atoms. The fraction of sp³-hybridized carbons (Fsp3) is 1.00. The summed E-state index contributed by atoms with van der Waals surface area (Å²) in [4.78, 5) is 0. The van der Waals surface area contributed by atoms with Crippen molar-refractivity contribution in [2.24, 2.45) is 0 Å². The molecule has 2 heteroatoms. The van der Waals surface area contributed by atoms with Crippen LogP contribution in [0.15, 0.2) is 0 Å². The van der Waals surface area contributed by atoms with Crippen LogP contribution in [0.1, 0.15) is 32.1 Å². The summed E-state index contributed by atoms with van der Waals surface area (Å²) < 4.78 is 0. The van der Waals surface area contributed by atoms with Gasteiger partial charge in [-0.1, -0.05) is 19.3 Å². The van der Waals surface area contributed by atoms with E-state index in [1.54, 1.807) is 0 Å². The molecule has 0 unspecified atom stereocenters. The number of rotatable bonds is 0.